The van der Waals surface area contributed by atoms with Crippen LogP contribution in [0.1, 0.15) is 22.8 Å². The number of carboxylic acids is 1. The first-order chi connectivity index (χ1) is 24.2. The Morgan fingerprint density at radius 3 is 2.15 bits per heavy atom. The number of nitrogens with zero attached hydrogens (tertiary/aromatic N) is 4. The molecule has 2 aromatic heterocycles. The number of nitro groups is 1. The molecule has 3 N–H and O–H groups in total. The first kappa shape index (κ1) is 40.6. The molecule has 18 nitrogen and oxygen atoms in total. The number of urea groups is 1. The van der Waals surface area contributed by atoms with Crippen molar-refractivity contribution >= 4 is 55.1 Å². The summed E-state index contributed by atoms with van der Waals surface area (Å²) in [5.74, 6) is -2.35. The van der Waals surface area contributed by atoms with Gasteiger partial charge in [-0.3, -0.25) is 15.4 Å². The lowest BCUT2D eigenvalue weighted by Crippen LogP contribution is -2.36. The number of methoxy groups -OCH3 is 2. The molecule has 0 aliphatic heterocycles. The van der Waals surface area contributed by atoms with Gasteiger partial charge in [-0.25, -0.2) is 27.7 Å². The SMILES string of the molecule is CCS(=O)(=O)c1cccnc1S(=O)(=O)NC(=O)Nc1nc(OC)cc(OC)n1.O=C(O)c1cc(Oc2ccc(C(F)(F)F)cc2Cl)ccc1[N+](=O)[O-]. The van der Waals surface area contributed by atoms with Crippen molar-refractivity contribution in [1.29, 1.82) is 0 Å². The van der Waals surface area contributed by atoms with Crippen LogP contribution in [0, 0.1) is 10.1 Å². The summed E-state index contributed by atoms with van der Waals surface area (Å²) in [6.07, 6.45) is -3.48. The highest BCUT2D eigenvalue weighted by atomic mass is 35.5. The third-order valence-electron chi connectivity index (χ3n) is 6.14. The van der Waals surface area contributed by atoms with Gasteiger partial charge < -0.3 is 19.3 Å². The van der Waals surface area contributed by atoms with Gasteiger partial charge in [0.2, 0.25) is 17.7 Å². The predicted molar refractivity (Wildman–Crippen MR) is 173 cm³/mol. The number of carbonyl (C=O) groups excluding carboxylic acids is 1. The van der Waals surface area contributed by atoms with Gasteiger partial charge in [-0.1, -0.05) is 18.5 Å². The highest BCUT2D eigenvalue weighted by Gasteiger charge is 2.31. The number of amides is 2. The second-order valence-corrected chi connectivity index (χ2v) is 13.8. The van der Waals surface area contributed by atoms with Crippen molar-refractivity contribution in [3.05, 3.63) is 87.1 Å². The van der Waals surface area contributed by atoms with E-state index >= 15 is 0 Å². The van der Waals surface area contributed by atoms with E-state index in [1.807, 2.05) is 0 Å². The summed E-state index contributed by atoms with van der Waals surface area (Å²) in [7, 11) is -5.85. The van der Waals surface area contributed by atoms with Crippen LogP contribution >= 0.6 is 11.6 Å². The number of anilines is 1. The second-order valence-electron chi connectivity index (χ2n) is 9.53. The van der Waals surface area contributed by atoms with Gasteiger partial charge in [-0.15, -0.1) is 0 Å². The average molecular weight is 793 g/mol. The number of hydrogen-bond donors (Lipinski definition) is 3. The van der Waals surface area contributed by atoms with E-state index in [1.54, 1.807) is 4.72 Å². The third kappa shape index (κ3) is 10.4. The summed E-state index contributed by atoms with van der Waals surface area (Å²) in [4.78, 5) is 43.7. The quantitative estimate of drug-likeness (QED) is 0.134. The Kier molecular flexibility index (Phi) is 12.9. The maximum absolute atomic E-state index is 12.6. The van der Waals surface area contributed by atoms with Crippen molar-refractivity contribution < 1.29 is 63.8 Å². The molecule has 0 saturated carbocycles. The van der Waals surface area contributed by atoms with Crippen LogP contribution in [0.3, 0.4) is 0 Å². The highest BCUT2D eigenvalue weighted by Crippen LogP contribution is 2.37. The summed E-state index contributed by atoms with van der Waals surface area (Å²) < 4.78 is 104. The van der Waals surface area contributed by atoms with E-state index in [1.165, 1.54) is 33.3 Å². The Morgan fingerprint density at radius 2 is 1.63 bits per heavy atom. The van der Waals surface area contributed by atoms with Gasteiger partial charge in [0.05, 0.1) is 41.5 Å². The number of carboxylic acid groups (broad SMARTS) is 1. The molecule has 0 saturated heterocycles. The molecule has 0 radical (unpaired) electrons. The van der Waals surface area contributed by atoms with E-state index in [-0.39, 0.29) is 40.0 Å². The molecule has 0 bridgehead atoms. The van der Waals surface area contributed by atoms with E-state index in [0.29, 0.717) is 6.07 Å². The fraction of sp³-hybridized carbons (Fsp3) is 0.179. The van der Waals surface area contributed by atoms with Gasteiger partial charge in [0, 0.05) is 18.3 Å². The van der Waals surface area contributed by atoms with Gasteiger partial charge in [0.1, 0.15) is 22.0 Å². The summed E-state index contributed by atoms with van der Waals surface area (Å²) in [6.45, 7) is 1.35. The fourth-order valence-electron chi connectivity index (χ4n) is 3.73. The number of carbonyl (C=O) groups is 2. The largest absolute Gasteiger partial charge is 0.481 e. The number of nitrogens with one attached hydrogen (secondary N) is 2. The number of sulfone groups is 1. The van der Waals surface area contributed by atoms with Crippen LogP contribution in [0.25, 0.3) is 0 Å². The Balaban J connectivity index is 0.000000284. The fourth-order valence-corrected chi connectivity index (χ4v) is 6.50. The molecule has 24 heteroatoms. The van der Waals surface area contributed by atoms with Crippen LogP contribution in [0.15, 0.2) is 70.7 Å². The number of sulfonamides is 1. The van der Waals surface area contributed by atoms with E-state index in [9.17, 15) is 49.7 Å². The lowest BCUT2D eigenvalue weighted by Gasteiger charge is -2.11. The molecule has 4 aromatic rings. The molecule has 0 aliphatic carbocycles. The molecule has 0 unspecified atom stereocenters. The molecule has 2 heterocycles. The van der Waals surface area contributed by atoms with Crippen LogP contribution < -0.4 is 24.2 Å². The molecule has 0 atom stereocenters. The number of aromatic nitrogens is 3. The number of rotatable bonds is 11. The Labute approximate surface area is 296 Å². The monoisotopic (exact) mass is 792 g/mol. The molecular formula is C28H24ClF3N6O12S2. The summed E-state index contributed by atoms with van der Waals surface area (Å²) in [6, 6.07) is 7.74. The standard InChI is InChI=1S/C14H7ClF3NO5.C14H17N5O7S2/c15-10-5-7(14(16,17)18)1-4-12(10)24-8-2-3-11(19(22)23)9(6-8)13(20)21;1-4-27(21,22)9-6-5-7-15-12(9)28(23,24)19-14(20)18-13-16-10(25-2)8-11(17-13)26-3/h1-6H,(H,20,21);5-8H,4H2,1-3H3,(H2,16,17,18,19,20). The van der Waals surface area contributed by atoms with E-state index in [0.717, 1.165) is 42.6 Å². The lowest BCUT2D eigenvalue weighted by atomic mass is 10.1. The van der Waals surface area contributed by atoms with Gasteiger partial charge in [-0.2, -0.15) is 31.6 Å². The maximum Gasteiger partial charge on any atom is 0.416 e. The minimum atomic E-state index is -4.61. The Morgan fingerprint density at radius 1 is 1.00 bits per heavy atom. The number of aromatic carboxylic acids is 1. The van der Waals surface area contributed by atoms with Gasteiger partial charge in [-0.05, 0) is 36.4 Å². The normalized spacial score (nSPS) is 11.4. The third-order valence-corrected chi connectivity index (χ3v) is 9.61. The molecule has 0 aliphatic rings. The molecule has 2 aromatic carbocycles. The van der Waals surface area contributed by atoms with Crippen molar-refractivity contribution in [2.45, 2.75) is 23.0 Å². The van der Waals surface area contributed by atoms with Gasteiger partial charge >= 0.3 is 18.2 Å². The van der Waals surface area contributed by atoms with Crippen molar-refractivity contribution in [2.75, 3.05) is 25.3 Å². The number of ether oxygens (including phenoxy) is 3. The zero-order valence-electron chi connectivity index (χ0n) is 26.5. The predicted octanol–water partition coefficient (Wildman–Crippen LogP) is 4.95. The topological polar surface area (TPSA) is 256 Å². The lowest BCUT2D eigenvalue weighted by molar-refractivity contribution is -0.385. The van der Waals surface area contributed by atoms with Crippen molar-refractivity contribution in [1.82, 2.24) is 19.7 Å². The van der Waals surface area contributed by atoms with Crippen LogP contribution in [-0.2, 0) is 26.0 Å². The highest BCUT2D eigenvalue weighted by molar-refractivity contribution is 7.93. The number of benzene rings is 2. The molecule has 278 valence electrons. The molecule has 0 fully saturated rings. The second kappa shape index (κ2) is 16.5. The molecule has 4 rings (SSSR count). The molecule has 52 heavy (non-hydrogen) atoms. The Hall–Kier alpha value is -5.81. The number of halogens is 4. The van der Waals surface area contributed by atoms with Crippen LogP contribution in [0.2, 0.25) is 5.02 Å². The summed E-state index contributed by atoms with van der Waals surface area (Å²) >= 11 is 5.72. The molecule has 2 amide bonds. The molecular weight excluding hydrogens is 769 g/mol. The van der Waals surface area contributed by atoms with E-state index in [4.69, 9.17) is 30.9 Å². The zero-order valence-corrected chi connectivity index (χ0v) is 28.9. The maximum atomic E-state index is 12.6. The smallest absolute Gasteiger partial charge is 0.416 e. The number of nitro benzene ring substituents is 1. The van der Waals surface area contributed by atoms with Crippen LogP contribution in [0.4, 0.5) is 29.6 Å². The van der Waals surface area contributed by atoms with Gasteiger partial charge in [0.25, 0.3) is 15.7 Å². The van der Waals surface area contributed by atoms with Crippen molar-refractivity contribution in [3.8, 4) is 23.3 Å². The van der Waals surface area contributed by atoms with E-state index in [2.05, 4.69) is 20.3 Å². The summed E-state index contributed by atoms with van der Waals surface area (Å²) in [5, 5.41) is 20.7. The Bertz CT molecular complexity index is 2200. The number of hydrogen-bond acceptors (Lipinski definition) is 14. The molecule has 0 spiro atoms. The van der Waals surface area contributed by atoms with Crippen molar-refractivity contribution in [2.24, 2.45) is 0 Å². The first-order valence-corrected chi connectivity index (χ1v) is 17.3. The minimum Gasteiger partial charge on any atom is -0.481 e. The van der Waals surface area contributed by atoms with Crippen LogP contribution in [0.5, 0.6) is 23.3 Å². The number of pyridine rings is 1. The minimum absolute atomic E-state index is 0.0612. The first-order valence-electron chi connectivity index (χ1n) is 13.8. The van der Waals surface area contributed by atoms with Crippen LogP contribution in [-0.4, -0.2) is 73.8 Å². The number of alkyl halides is 3. The van der Waals surface area contributed by atoms with E-state index < -0.39 is 69.7 Å². The van der Waals surface area contributed by atoms with Gasteiger partial charge in [0.15, 0.2) is 14.9 Å². The van der Waals surface area contributed by atoms with Crippen molar-refractivity contribution in [3.63, 3.8) is 0 Å². The summed E-state index contributed by atoms with van der Waals surface area (Å²) in [5.41, 5.74) is -2.25. The zero-order chi connectivity index (χ0) is 39.0. The average Bonchev–Trinajstić information content (AvgIpc) is 3.08.